The molecule has 3 aromatic carbocycles. The van der Waals surface area contributed by atoms with Crippen LogP contribution in [0, 0.1) is 0 Å². The quantitative estimate of drug-likeness (QED) is 0.359. The topological polar surface area (TPSA) is 117 Å². The number of amides is 3. The van der Waals surface area contributed by atoms with E-state index >= 15 is 0 Å². The van der Waals surface area contributed by atoms with Crippen molar-refractivity contribution in [2.24, 2.45) is 0 Å². The van der Waals surface area contributed by atoms with Crippen molar-refractivity contribution in [2.45, 2.75) is 17.9 Å². The molecule has 3 amide bonds. The highest BCUT2D eigenvalue weighted by Crippen LogP contribution is 2.34. The van der Waals surface area contributed by atoms with Crippen LogP contribution in [0.4, 0.5) is 5.13 Å². The predicted octanol–water partition coefficient (Wildman–Crippen LogP) is 3.91. The second kappa shape index (κ2) is 9.51. The largest absolute Gasteiger partial charge is 0.300 e. The van der Waals surface area contributed by atoms with Crippen molar-refractivity contribution in [3.8, 4) is 0 Å². The van der Waals surface area contributed by atoms with Crippen molar-refractivity contribution in [2.75, 3.05) is 18.9 Å². The first-order valence-electron chi connectivity index (χ1n) is 11.4. The standard InChI is InChI=1S/C26H22N4O5S2/c1-3-29(2)37(34,35)17-13-14-20-21(15-17)36-26(27-20)28-23(31)22(16-9-5-4-6-10-16)30-24(32)18-11-7-8-12-19(18)25(30)33/h4-15,22H,3H2,1-2H3,(H,27,28,31). The van der Waals surface area contributed by atoms with Crippen LogP contribution < -0.4 is 5.32 Å². The number of hydrogen-bond acceptors (Lipinski definition) is 7. The zero-order valence-electron chi connectivity index (χ0n) is 19.9. The number of anilines is 1. The van der Waals surface area contributed by atoms with Gasteiger partial charge >= 0.3 is 0 Å². The summed E-state index contributed by atoms with van der Waals surface area (Å²) in [6.07, 6.45) is 0. The van der Waals surface area contributed by atoms with Gasteiger partial charge in [-0.2, -0.15) is 0 Å². The zero-order chi connectivity index (χ0) is 26.3. The van der Waals surface area contributed by atoms with E-state index < -0.39 is 33.8 Å². The van der Waals surface area contributed by atoms with Gasteiger partial charge in [0.25, 0.3) is 17.7 Å². The lowest BCUT2D eigenvalue weighted by Gasteiger charge is -2.25. The first-order valence-corrected chi connectivity index (χ1v) is 13.7. The molecule has 37 heavy (non-hydrogen) atoms. The monoisotopic (exact) mass is 534 g/mol. The Balaban J connectivity index is 1.49. The van der Waals surface area contributed by atoms with E-state index in [9.17, 15) is 22.8 Å². The van der Waals surface area contributed by atoms with Crippen molar-refractivity contribution >= 4 is 54.4 Å². The number of sulfonamides is 1. The molecule has 0 saturated carbocycles. The predicted molar refractivity (Wildman–Crippen MR) is 140 cm³/mol. The molecule has 4 aromatic rings. The molecule has 2 heterocycles. The maximum absolute atomic E-state index is 13.6. The Morgan fingerprint density at radius 3 is 2.24 bits per heavy atom. The maximum atomic E-state index is 13.6. The summed E-state index contributed by atoms with van der Waals surface area (Å²) in [5.41, 5.74) is 1.46. The minimum atomic E-state index is -3.65. The first-order chi connectivity index (χ1) is 17.7. The summed E-state index contributed by atoms with van der Waals surface area (Å²) in [7, 11) is -2.15. The second-order valence-corrected chi connectivity index (χ2v) is 11.5. The molecule has 0 radical (unpaired) electrons. The van der Waals surface area contributed by atoms with Gasteiger partial charge in [-0.3, -0.25) is 24.6 Å². The normalized spacial score (nSPS) is 14.3. The molecule has 0 bridgehead atoms. The summed E-state index contributed by atoms with van der Waals surface area (Å²) in [4.78, 5) is 45.4. The lowest BCUT2D eigenvalue weighted by molar-refractivity contribution is -0.120. The van der Waals surface area contributed by atoms with E-state index in [1.165, 1.54) is 23.5 Å². The number of imide groups is 1. The van der Waals surface area contributed by atoms with Gasteiger partial charge in [0, 0.05) is 13.6 Å². The van der Waals surface area contributed by atoms with E-state index in [1.807, 2.05) is 0 Å². The lowest BCUT2D eigenvalue weighted by Crippen LogP contribution is -2.40. The number of thiazole rings is 1. The average Bonchev–Trinajstić information content (AvgIpc) is 3.42. The average molecular weight is 535 g/mol. The Morgan fingerprint density at radius 1 is 1.00 bits per heavy atom. The Labute approximate surface area is 217 Å². The van der Waals surface area contributed by atoms with Gasteiger partial charge in [-0.15, -0.1) is 0 Å². The fourth-order valence-corrected chi connectivity index (χ4v) is 6.33. The van der Waals surface area contributed by atoms with Gasteiger partial charge in [-0.25, -0.2) is 17.7 Å². The Kier molecular flexibility index (Phi) is 6.36. The van der Waals surface area contributed by atoms with E-state index in [2.05, 4.69) is 10.3 Å². The van der Waals surface area contributed by atoms with Crippen LogP contribution in [0.1, 0.15) is 39.2 Å². The van der Waals surface area contributed by atoms with Crippen molar-refractivity contribution in [3.63, 3.8) is 0 Å². The summed E-state index contributed by atoms with van der Waals surface area (Å²) in [6.45, 7) is 2.07. The number of hydrogen-bond donors (Lipinski definition) is 1. The molecular weight excluding hydrogens is 512 g/mol. The first kappa shape index (κ1) is 24.8. The Morgan fingerprint density at radius 2 is 1.62 bits per heavy atom. The Hall–Kier alpha value is -3.93. The summed E-state index contributed by atoms with van der Waals surface area (Å²) in [6, 6.07) is 18.4. The molecular formula is C26H22N4O5S2. The van der Waals surface area contributed by atoms with Crippen LogP contribution in [0.25, 0.3) is 10.2 Å². The van der Waals surface area contributed by atoms with Gasteiger partial charge in [-0.05, 0) is 35.9 Å². The minimum absolute atomic E-state index is 0.124. The number of nitrogens with one attached hydrogen (secondary N) is 1. The number of fused-ring (bicyclic) bond motifs is 2. The fourth-order valence-electron chi connectivity index (χ4n) is 4.14. The van der Waals surface area contributed by atoms with Gasteiger partial charge in [0.15, 0.2) is 5.13 Å². The van der Waals surface area contributed by atoms with Crippen LogP contribution in [0.5, 0.6) is 0 Å². The molecule has 1 unspecified atom stereocenters. The van der Waals surface area contributed by atoms with Crippen LogP contribution in [-0.4, -0.2) is 53.9 Å². The number of aromatic nitrogens is 1. The smallest absolute Gasteiger partial charge is 0.262 e. The van der Waals surface area contributed by atoms with Gasteiger partial charge in [0.05, 0.1) is 26.2 Å². The zero-order valence-corrected chi connectivity index (χ0v) is 21.5. The molecule has 5 rings (SSSR count). The van der Waals surface area contributed by atoms with Crippen molar-refractivity contribution in [1.82, 2.24) is 14.2 Å². The number of benzene rings is 3. The van der Waals surface area contributed by atoms with Crippen molar-refractivity contribution in [1.29, 1.82) is 0 Å². The molecule has 188 valence electrons. The van der Waals surface area contributed by atoms with E-state index in [-0.39, 0.29) is 21.2 Å². The molecule has 0 fully saturated rings. The molecule has 0 saturated heterocycles. The molecule has 1 aromatic heterocycles. The van der Waals surface area contributed by atoms with Gasteiger partial charge in [0.2, 0.25) is 10.0 Å². The SMILES string of the molecule is CCN(C)S(=O)(=O)c1ccc2nc(NC(=O)C(c3ccccc3)N3C(=O)c4ccccc4C3=O)sc2c1. The third-order valence-electron chi connectivity index (χ3n) is 6.19. The van der Waals surface area contributed by atoms with Crippen LogP contribution in [0.3, 0.4) is 0 Å². The molecule has 1 aliphatic rings. The summed E-state index contributed by atoms with van der Waals surface area (Å²) >= 11 is 1.10. The van der Waals surface area contributed by atoms with Crippen LogP contribution in [0.15, 0.2) is 77.7 Å². The van der Waals surface area contributed by atoms with Crippen molar-refractivity contribution < 1.29 is 22.8 Å². The van der Waals surface area contributed by atoms with Crippen LogP contribution in [0.2, 0.25) is 0 Å². The van der Waals surface area contributed by atoms with Crippen molar-refractivity contribution in [3.05, 3.63) is 89.5 Å². The molecule has 9 nitrogen and oxygen atoms in total. The summed E-state index contributed by atoms with van der Waals surface area (Å²) in [5.74, 6) is -1.72. The molecule has 1 atom stereocenters. The number of nitrogens with zero attached hydrogens (tertiary/aromatic N) is 3. The third-order valence-corrected chi connectivity index (χ3v) is 9.05. The molecule has 1 aliphatic heterocycles. The van der Waals surface area contributed by atoms with Crippen LogP contribution in [-0.2, 0) is 14.8 Å². The number of carbonyl (C=O) groups excluding carboxylic acids is 3. The van der Waals surface area contributed by atoms with Gasteiger partial charge in [-0.1, -0.05) is 60.7 Å². The highest BCUT2D eigenvalue weighted by molar-refractivity contribution is 7.89. The number of carbonyl (C=O) groups is 3. The van der Waals surface area contributed by atoms with Crippen LogP contribution >= 0.6 is 11.3 Å². The minimum Gasteiger partial charge on any atom is -0.300 e. The van der Waals surface area contributed by atoms with E-state index in [1.54, 1.807) is 67.6 Å². The highest BCUT2D eigenvalue weighted by atomic mass is 32.2. The molecule has 1 N–H and O–H groups in total. The third kappa shape index (κ3) is 4.31. The van der Waals surface area contributed by atoms with Gasteiger partial charge < -0.3 is 0 Å². The second-order valence-electron chi connectivity index (χ2n) is 8.40. The number of rotatable bonds is 7. The van der Waals surface area contributed by atoms with E-state index in [0.717, 1.165) is 16.2 Å². The summed E-state index contributed by atoms with van der Waals surface area (Å²) in [5, 5.41) is 2.95. The highest BCUT2D eigenvalue weighted by Gasteiger charge is 2.43. The summed E-state index contributed by atoms with van der Waals surface area (Å²) < 4.78 is 27.2. The lowest BCUT2D eigenvalue weighted by atomic mass is 10.0. The molecule has 0 aliphatic carbocycles. The molecule has 0 spiro atoms. The van der Waals surface area contributed by atoms with E-state index in [0.29, 0.717) is 22.3 Å². The fraction of sp³-hybridized carbons (Fsp3) is 0.154. The molecule has 11 heteroatoms. The maximum Gasteiger partial charge on any atom is 0.262 e. The van der Waals surface area contributed by atoms with E-state index in [4.69, 9.17) is 0 Å². The Bertz CT molecular complexity index is 1620. The van der Waals surface area contributed by atoms with Gasteiger partial charge in [0.1, 0.15) is 6.04 Å².